The van der Waals surface area contributed by atoms with Gasteiger partial charge in [-0.3, -0.25) is 0 Å². The first-order valence-electron chi connectivity index (χ1n) is 6.08. The lowest BCUT2D eigenvalue weighted by Gasteiger charge is -2.13. The lowest BCUT2D eigenvalue weighted by atomic mass is 10.2. The van der Waals surface area contributed by atoms with Crippen molar-refractivity contribution in [2.24, 2.45) is 0 Å². The molecule has 1 N–H and O–H groups in total. The first-order valence-corrected chi connectivity index (χ1v) is 7.69. The second-order valence-corrected chi connectivity index (χ2v) is 6.61. The molecule has 5 heteroatoms. The first kappa shape index (κ1) is 14.6. The summed E-state index contributed by atoms with van der Waals surface area (Å²) in [6.45, 7) is 6.87. The second-order valence-electron chi connectivity index (χ2n) is 4.52. The average molecular weight is 343 g/mol. The van der Waals surface area contributed by atoms with Gasteiger partial charge in [-0.05, 0) is 38.5 Å². The lowest BCUT2D eigenvalue weighted by molar-refractivity contribution is 0.576. The molecule has 0 aliphatic heterocycles. The fourth-order valence-electron chi connectivity index (χ4n) is 1.97. The molecule has 0 aliphatic carbocycles. The van der Waals surface area contributed by atoms with Crippen LogP contribution in [0.3, 0.4) is 0 Å². The first-order chi connectivity index (χ1) is 8.97. The van der Waals surface area contributed by atoms with Crippen LogP contribution in [0.4, 0.5) is 4.39 Å². The molecule has 2 aromatic rings. The van der Waals surface area contributed by atoms with Crippen molar-refractivity contribution in [3.8, 4) is 0 Å². The van der Waals surface area contributed by atoms with Crippen LogP contribution in [0, 0.1) is 19.7 Å². The summed E-state index contributed by atoms with van der Waals surface area (Å²) in [4.78, 5) is 5.70. The van der Waals surface area contributed by atoms with Crippen LogP contribution in [-0.2, 0) is 6.54 Å². The minimum atomic E-state index is -0.224. The standard InChI is InChI=1S/C14H16BrFN2S/c1-8(14-9(2)18-10(3)19-14)17-7-11-4-5-12(16)6-13(11)15/h4-6,8,17H,7H2,1-3H3. The Hall–Kier alpha value is -0.780. The van der Waals surface area contributed by atoms with E-state index in [4.69, 9.17) is 0 Å². The normalized spacial score (nSPS) is 12.7. The van der Waals surface area contributed by atoms with Crippen molar-refractivity contribution in [2.75, 3.05) is 0 Å². The Labute approximate surface area is 125 Å². The van der Waals surface area contributed by atoms with Crippen molar-refractivity contribution in [3.63, 3.8) is 0 Å². The number of rotatable bonds is 4. The van der Waals surface area contributed by atoms with E-state index in [9.17, 15) is 4.39 Å². The Balaban J connectivity index is 2.04. The molecule has 2 nitrogen and oxygen atoms in total. The quantitative estimate of drug-likeness (QED) is 0.883. The van der Waals surface area contributed by atoms with E-state index in [1.807, 2.05) is 13.8 Å². The molecule has 0 amide bonds. The number of halogens is 2. The Kier molecular flexibility index (Phi) is 4.71. The summed E-state index contributed by atoms with van der Waals surface area (Å²) in [6, 6.07) is 5.01. The zero-order chi connectivity index (χ0) is 14.0. The molecule has 0 spiro atoms. The van der Waals surface area contributed by atoms with E-state index >= 15 is 0 Å². The van der Waals surface area contributed by atoms with Crippen molar-refractivity contribution in [3.05, 3.63) is 49.6 Å². The van der Waals surface area contributed by atoms with Crippen molar-refractivity contribution in [1.82, 2.24) is 10.3 Å². The van der Waals surface area contributed by atoms with E-state index in [1.165, 1.54) is 17.0 Å². The second kappa shape index (κ2) is 6.11. The SMILES string of the molecule is Cc1nc(C)c(C(C)NCc2ccc(F)cc2Br)s1. The number of benzene rings is 1. The highest BCUT2D eigenvalue weighted by molar-refractivity contribution is 9.10. The topological polar surface area (TPSA) is 24.9 Å². The molecule has 0 saturated heterocycles. The van der Waals surface area contributed by atoms with Crippen LogP contribution in [0.1, 0.15) is 34.1 Å². The van der Waals surface area contributed by atoms with Crippen molar-refractivity contribution in [2.45, 2.75) is 33.4 Å². The lowest BCUT2D eigenvalue weighted by Crippen LogP contribution is -2.18. The van der Waals surface area contributed by atoms with Crippen molar-refractivity contribution in [1.29, 1.82) is 0 Å². The maximum Gasteiger partial charge on any atom is 0.124 e. The molecule has 0 bridgehead atoms. The summed E-state index contributed by atoms with van der Waals surface area (Å²) in [5, 5.41) is 4.53. The van der Waals surface area contributed by atoms with Crippen LogP contribution in [-0.4, -0.2) is 4.98 Å². The van der Waals surface area contributed by atoms with Gasteiger partial charge in [-0.25, -0.2) is 9.37 Å². The molecule has 2 rings (SSSR count). The van der Waals surface area contributed by atoms with E-state index < -0.39 is 0 Å². The molecule has 19 heavy (non-hydrogen) atoms. The van der Waals surface area contributed by atoms with Crippen LogP contribution in [0.5, 0.6) is 0 Å². The minimum Gasteiger partial charge on any atom is -0.305 e. The van der Waals surface area contributed by atoms with Gasteiger partial charge < -0.3 is 5.32 Å². The highest BCUT2D eigenvalue weighted by atomic mass is 79.9. The molecule has 0 aliphatic rings. The third kappa shape index (κ3) is 3.61. The van der Waals surface area contributed by atoms with Gasteiger partial charge in [-0.2, -0.15) is 0 Å². The summed E-state index contributed by atoms with van der Waals surface area (Å²) in [6.07, 6.45) is 0. The van der Waals surface area contributed by atoms with E-state index in [-0.39, 0.29) is 11.9 Å². The summed E-state index contributed by atoms with van der Waals surface area (Å²) in [5.74, 6) is -0.224. The smallest absolute Gasteiger partial charge is 0.124 e. The predicted octanol–water partition coefficient (Wildman–Crippen LogP) is 4.51. The van der Waals surface area contributed by atoms with Gasteiger partial charge in [0.25, 0.3) is 0 Å². The maximum absolute atomic E-state index is 13.0. The Morgan fingerprint density at radius 1 is 1.42 bits per heavy atom. The molecule has 1 heterocycles. The summed E-state index contributed by atoms with van der Waals surface area (Å²) in [7, 11) is 0. The van der Waals surface area contributed by atoms with Crippen LogP contribution < -0.4 is 5.32 Å². The fourth-order valence-corrected chi connectivity index (χ4v) is 3.41. The van der Waals surface area contributed by atoms with Gasteiger partial charge >= 0.3 is 0 Å². The van der Waals surface area contributed by atoms with Gasteiger partial charge in [0.15, 0.2) is 0 Å². The fraction of sp³-hybridized carbons (Fsp3) is 0.357. The molecular formula is C14H16BrFN2S. The van der Waals surface area contributed by atoms with E-state index in [2.05, 4.69) is 33.2 Å². The Morgan fingerprint density at radius 2 is 2.16 bits per heavy atom. The maximum atomic E-state index is 13.0. The van der Waals surface area contributed by atoms with E-state index in [0.717, 1.165) is 20.7 Å². The summed E-state index contributed by atoms with van der Waals surface area (Å²) in [5.41, 5.74) is 2.13. The minimum absolute atomic E-state index is 0.224. The molecule has 1 atom stereocenters. The van der Waals surface area contributed by atoms with E-state index in [1.54, 1.807) is 17.4 Å². The van der Waals surface area contributed by atoms with Gasteiger partial charge in [0.2, 0.25) is 0 Å². The average Bonchev–Trinajstić information content (AvgIpc) is 2.67. The third-order valence-electron chi connectivity index (χ3n) is 2.95. The van der Waals surface area contributed by atoms with E-state index in [0.29, 0.717) is 6.54 Å². The van der Waals surface area contributed by atoms with Gasteiger partial charge in [-0.1, -0.05) is 22.0 Å². The highest BCUT2D eigenvalue weighted by Crippen LogP contribution is 2.25. The molecule has 102 valence electrons. The number of hydrogen-bond acceptors (Lipinski definition) is 3. The number of thiazole rings is 1. The van der Waals surface area contributed by atoms with Crippen LogP contribution in [0.25, 0.3) is 0 Å². The summed E-state index contributed by atoms with van der Waals surface area (Å²) < 4.78 is 13.8. The number of nitrogens with zero attached hydrogens (tertiary/aromatic N) is 1. The third-order valence-corrected chi connectivity index (χ3v) is 4.94. The number of nitrogens with one attached hydrogen (secondary N) is 1. The molecule has 0 radical (unpaired) electrons. The highest BCUT2D eigenvalue weighted by Gasteiger charge is 2.13. The number of hydrogen-bond donors (Lipinski definition) is 1. The molecule has 1 aromatic carbocycles. The Bertz CT molecular complexity index is 583. The zero-order valence-corrected chi connectivity index (χ0v) is 13.5. The molecule has 0 saturated carbocycles. The van der Waals surface area contributed by atoms with Gasteiger partial charge in [0, 0.05) is 21.9 Å². The summed E-state index contributed by atoms with van der Waals surface area (Å²) >= 11 is 5.10. The predicted molar refractivity (Wildman–Crippen MR) is 80.9 cm³/mol. The largest absolute Gasteiger partial charge is 0.305 e. The van der Waals surface area contributed by atoms with Crippen molar-refractivity contribution < 1.29 is 4.39 Å². The van der Waals surface area contributed by atoms with Gasteiger partial charge in [-0.15, -0.1) is 11.3 Å². The molecule has 1 aromatic heterocycles. The van der Waals surface area contributed by atoms with Gasteiger partial charge in [0.05, 0.1) is 10.7 Å². The molecule has 1 unspecified atom stereocenters. The zero-order valence-electron chi connectivity index (χ0n) is 11.1. The number of aromatic nitrogens is 1. The molecular weight excluding hydrogens is 327 g/mol. The van der Waals surface area contributed by atoms with Crippen LogP contribution in [0.15, 0.2) is 22.7 Å². The Morgan fingerprint density at radius 3 is 2.74 bits per heavy atom. The van der Waals surface area contributed by atoms with Gasteiger partial charge in [0.1, 0.15) is 5.82 Å². The monoisotopic (exact) mass is 342 g/mol. The number of aryl methyl sites for hydroxylation is 2. The van der Waals surface area contributed by atoms with Crippen molar-refractivity contribution >= 4 is 27.3 Å². The van der Waals surface area contributed by atoms with Crippen LogP contribution in [0.2, 0.25) is 0 Å². The van der Waals surface area contributed by atoms with Crippen LogP contribution >= 0.6 is 27.3 Å². The molecule has 0 fully saturated rings.